The van der Waals surface area contributed by atoms with Crippen molar-refractivity contribution in [3.63, 3.8) is 0 Å². The quantitative estimate of drug-likeness (QED) is 0.439. The molecule has 3 aromatic rings. The van der Waals surface area contributed by atoms with Gasteiger partial charge in [0.2, 0.25) is 5.89 Å². The van der Waals surface area contributed by atoms with Gasteiger partial charge in [0.15, 0.2) is 4.34 Å². The molecule has 0 saturated heterocycles. The first-order chi connectivity index (χ1) is 12.0. The van der Waals surface area contributed by atoms with Gasteiger partial charge in [-0.2, -0.15) is 0 Å². The third-order valence-electron chi connectivity index (χ3n) is 3.72. The predicted molar refractivity (Wildman–Crippen MR) is 104 cm³/mol. The molecule has 1 unspecified atom stereocenters. The van der Waals surface area contributed by atoms with Crippen LogP contribution in [0.25, 0.3) is 0 Å². The number of thioether (sulfide) groups is 1. The van der Waals surface area contributed by atoms with Crippen LogP contribution in [0.15, 0.2) is 33.0 Å². The van der Waals surface area contributed by atoms with Gasteiger partial charge in [-0.25, -0.2) is 5.10 Å². The average molecular weight is 393 g/mol. The van der Waals surface area contributed by atoms with Crippen molar-refractivity contribution in [2.75, 3.05) is 0 Å². The van der Waals surface area contributed by atoms with E-state index >= 15 is 0 Å². The van der Waals surface area contributed by atoms with Crippen molar-refractivity contribution in [1.29, 1.82) is 0 Å². The zero-order chi connectivity index (χ0) is 17.8. The fourth-order valence-corrected chi connectivity index (χ4v) is 4.39. The summed E-state index contributed by atoms with van der Waals surface area (Å²) in [5, 5.41) is 16.2. The highest BCUT2D eigenvalue weighted by Gasteiger charge is 2.15. The Morgan fingerprint density at radius 1 is 1.20 bits per heavy atom. The lowest BCUT2D eigenvalue weighted by Gasteiger charge is -2.10. The molecule has 132 valence electrons. The second-order valence-electron chi connectivity index (χ2n) is 6.26. The molecule has 2 heterocycles. The van der Waals surface area contributed by atoms with Gasteiger partial charge < -0.3 is 4.42 Å². The highest BCUT2D eigenvalue weighted by Crippen LogP contribution is 2.32. The number of nitrogens with zero attached hydrogens (tertiary/aromatic N) is 3. The largest absolute Gasteiger partial charge is 0.413 e. The fourth-order valence-electron chi connectivity index (χ4n) is 2.46. The van der Waals surface area contributed by atoms with Crippen LogP contribution in [0.5, 0.6) is 0 Å². The van der Waals surface area contributed by atoms with Gasteiger partial charge in [0, 0.05) is 5.92 Å². The van der Waals surface area contributed by atoms with Crippen molar-refractivity contribution < 1.29 is 4.42 Å². The SMILES string of the molecule is CC(C)Cc1ccc(C(C)c2nnc(SCc3n[nH]c(=S)o3)s2)cc1. The van der Waals surface area contributed by atoms with Crippen LogP contribution in [0, 0.1) is 10.8 Å². The summed E-state index contributed by atoms with van der Waals surface area (Å²) < 4.78 is 6.16. The number of hydrogen-bond acceptors (Lipinski definition) is 7. The van der Waals surface area contributed by atoms with Crippen LogP contribution in [-0.4, -0.2) is 20.4 Å². The summed E-state index contributed by atoms with van der Waals surface area (Å²) in [6, 6.07) is 8.83. The van der Waals surface area contributed by atoms with E-state index in [2.05, 4.69) is 65.4 Å². The molecule has 0 spiro atoms. The van der Waals surface area contributed by atoms with E-state index in [-0.39, 0.29) is 5.92 Å². The molecule has 0 bridgehead atoms. The lowest BCUT2D eigenvalue weighted by Crippen LogP contribution is -1.98. The van der Waals surface area contributed by atoms with E-state index in [0.29, 0.717) is 22.4 Å². The van der Waals surface area contributed by atoms with Gasteiger partial charge in [0.25, 0.3) is 4.84 Å². The molecule has 0 fully saturated rings. The van der Waals surface area contributed by atoms with E-state index < -0.39 is 0 Å². The molecule has 0 radical (unpaired) electrons. The first-order valence-corrected chi connectivity index (χ1v) is 10.3. The Labute approximate surface area is 160 Å². The number of hydrogen-bond donors (Lipinski definition) is 1. The number of benzene rings is 1. The Bertz CT molecular complexity index is 866. The Hall–Kier alpha value is -1.51. The van der Waals surface area contributed by atoms with Gasteiger partial charge in [0.05, 0.1) is 5.75 Å². The molecular formula is C17H20N4OS3. The van der Waals surface area contributed by atoms with Crippen LogP contribution in [0.4, 0.5) is 0 Å². The maximum absolute atomic E-state index is 5.25. The van der Waals surface area contributed by atoms with Crippen LogP contribution in [0.1, 0.15) is 48.7 Å². The zero-order valence-electron chi connectivity index (χ0n) is 14.4. The Morgan fingerprint density at radius 2 is 1.96 bits per heavy atom. The minimum atomic E-state index is 0.231. The molecule has 0 aliphatic rings. The fraction of sp³-hybridized carbons (Fsp3) is 0.412. The Morgan fingerprint density at radius 3 is 2.60 bits per heavy atom. The van der Waals surface area contributed by atoms with E-state index in [9.17, 15) is 0 Å². The second kappa shape index (κ2) is 8.25. The lowest BCUT2D eigenvalue weighted by atomic mass is 9.97. The highest BCUT2D eigenvalue weighted by atomic mass is 32.2. The first-order valence-electron chi connectivity index (χ1n) is 8.10. The minimum absolute atomic E-state index is 0.231. The zero-order valence-corrected chi connectivity index (χ0v) is 16.8. The summed E-state index contributed by atoms with van der Waals surface area (Å²) in [7, 11) is 0. The van der Waals surface area contributed by atoms with Gasteiger partial charge in [-0.15, -0.1) is 15.3 Å². The summed E-state index contributed by atoms with van der Waals surface area (Å²) in [6.45, 7) is 6.64. The molecule has 2 aromatic heterocycles. The van der Waals surface area contributed by atoms with Crippen LogP contribution >= 0.6 is 35.3 Å². The second-order valence-corrected chi connectivity index (χ2v) is 8.87. The number of nitrogens with one attached hydrogen (secondary N) is 1. The van der Waals surface area contributed by atoms with Crippen molar-refractivity contribution in [3.05, 3.63) is 51.1 Å². The van der Waals surface area contributed by atoms with E-state index in [1.54, 1.807) is 23.1 Å². The van der Waals surface area contributed by atoms with E-state index in [1.807, 2.05) is 0 Å². The van der Waals surface area contributed by atoms with E-state index in [1.165, 1.54) is 11.1 Å². The topological polar surface area (TPSA) is 67.6 Å². The summed E-state index contributed by atoms with van der Waals surface area (Å²) in [4.78, 5) is 0.295. The lowest BCUT2D eigenvalue weighted by molar-refractivity contribution is 0.500. The van der Waals surface area contributed by atoms with Crippen molar-refractivity contribution in [2.24, 2.45) is 5.92 Å². The number of aromatic amines is 1. The summed E-state index contributed by atoms with van der Waals surface area (Å²) in [6.07, 6.45) is 1.11. The first kappa shape index (κ1) is 18.3. The van der Waals surface area contributed by atoms with Gasteiger partial charge in [-0.05, 0) is 35.7 Å². The van der Waals surface area contributed by atoms with Gasteiger partial charge >= 0.3 is 0 Å². The Kier molecular flexibility index (Phi) is 6.03. The molecule has 1 atom stereocenters. The van der Waals surface area contributed by atoms with Crippen LogP contribution in [0.3, 0.4) is 0 Å². The van der Waals surface area contributed by atoms with Crippen molar-refractivity contribution in [1.82, 2.24) is 20.4 Å². The third-order valence-corrected chi connectivity index (χ3v) is 6.12. The van der Waals surface area contributed by atoms with Crippen molar-refractivity contribution in [3.8, 4) is 0 Å². The minimum Gasteiger partial charge on any atom is -0.413 e. The van der Waals surface area contributed by atoms with Gasteiger partial charge in [-0.3, -0.25) is 0 Å². The van der Waals surface area contributed by atoms with Crippen molar-refractivity contribution >= 4 is 35.3 Å². The third kappa shape index (κ3) is 4.99. The van der Waals surface area contributed by atoms with E-state index in [0.717, 1.165) is 15.8 Å². The van der Waals surface area contributed by atoms with E-state index in [4.69, 9.17) is 16.6 Å². The monoisotopic (exact) mass is 392 g/mol. The molecule has 8 heteroatoms. The molecule has 5 nitrogen and oxygen atoms in total. The van der Waals surface area contributed by atoms with Gasteiger partial charge in [-0.1, -0.05) is 68.1 Å². The number of H-pyrrole nitrogens is 1. The summed E-state index contributed by atoms with van der Waals surface area (Å²) in [5.41, 5.74) is 2.64. The molecule has 1 aromatic carbocycles. The van der Waals surface area contributed by atoms with Crippen molar-refractivity contribution in [2.45, 2.75) is 43.2 Å². The molecule has 0 aliphatic heterocycles. The van der Waals surface area contributed by atoms with Crippen LogP contribution in [0.2, 0.25) is 0 Å². The average Bonchev–Trinajstić information content (AvgIpc) is 3.21. The normalized spacial score (nSPS) is 12.6. The maximum Gasteiger partial charge on any atom is 0.284 e. The van der Waals surface area contributed by atoms with Crippen LogP contribution in [-0.2, 0) is 12.2 Å². The standard InChI is InChI=1S/C17H20N4OS3/c1-10(2)8-12-4-6-13(7-5-12)11(3)15-19-21-17(25-15)24-9-14-18-20-16(23)22-14/h4-7,10-11H,8-9H2,1-3H3,(H,20,23). The number of rotatable bonds is 7. The van der Waals surface area contributed by atoms with Gasteiger partial charge in [0.1, 0.15) is 5.01 Å². The summed E-state index contributed by atoms with van der Waals surface area (Å²) >= 11 is 8.03. The molecule has 0 amide bonds. The smallest absolute Gasteiger partial charge is 0.284 e. The predicted octanol–water partition coefficient (Wildman–Crippen LogP) is 5.23. The highest BCUT2D eigenvalue weighted by molar-refractivity contribution is 8.00. The number of aromatic nitrogens is 4. The molecule has 25 heavy (non-hydrogen) atoms. The molecule has 1 N–H and O–H groups in total. The summed E-state index contributed by atoms with van der Waals surface area (Å²) in [5.74, 6) is 2.05. The molecule has 0 aliphatic carbocycles. The molecule has 3 rings (SSSR count). The molecular weight excluding hydrogens is 372 g/mol. The van der Waals surface area contributed by atoms with Crippen LogP contribution < -0.4 is 0 Å². The maximum atomic E-state index is 5.25. The Balaban J connectivity index is 1.63. The molecule has 0 saturated carbocycles.